The van der Waals surface area contributed by atoms with Gasteiger partial charge in [-0.25, -0.2) is 9.37 Å². The second-order valence-corrected chi connectivity index (χ2v) is 7.06. The van der Waals surface area contributed by atoms with Crippen LogP contribution in [0.15, 0.2) is 42.5 Å². The number of nitriles is 1. The molecule has 0 fully saturated rings. The van der Waals surface area contributed by atoms with Gasteiger partial charge in [-0.2, -0.15) is 5.26 Å². The summed E-state index contributed by atoms with van der Waals surface area (Å²) < 4.78 is 14.0. The molecule has 0 radical (unpaired) electrons. The average molecular weight is 381 g/mol. The van der Waals surface area contributed by atoms with Gasteiger partial charge in [0.25, 0.3) is 0 Å². The Morgan fingerprint density at radius 2 is 1.89 bits per heavy atom. The molecule has 5 nitrogen and oxygen atoms in total. The summed E-state index contributed by atoms with van der Waals surface area (Å²) in [6, 6.07) is 13.9. The maximum Gasteiger partial charge on any atom is 0.227 e. The van der Waals surface area contributed by atoms with Crippen LogP contribution in [0, 0.1) is 17.1 Å². The molecule has 0 saturated carbocycles. The summed E-state index contributed by atoms with van der Waals surface area (Å²) in [6.45, 7) is -0.0693. The van der Waals surface area contributed by atoms with Gasteiger partial charge in [-0.3, -0.25) is 9.59 Å². The molecule has 1 aromatic heterocycles. The van der Waals surface area contributed by atoms with Gasteiger partial charge in [-0.05, 0) is 35.4 Å². The molecule has 3 aromatic rings. The number of amides is 1. The first-order chi connectivity index (χ1) is 13.0. The van der Waals surface area contributed by atoms with Crippen LogP contribution in [0.2, 0.25) is 0 Å². The van der Waals surface area contributed by atoms with E-state index in [0.717, 1.165) is 21.3 Å². The number of aromatic nitrogens is 1. The van der Waals surface area contributed by atoms with Crippen molar-refractivity contribution >= 4 is 33.2 Å². The number of hydrogen-bond acceptors (Lipinski definition) is 5. The number of benzene rings is 2. The monoisotopic (exact) mass is 381 g/mol. The van der Waals surface area contributed by atoms with Crippen molar-refractivity contribution < 1.29 is 14.0 Å². The fourth-order valence-electron chi connectivity index (χ4n) is 2.55. The number of carbonyl (C=O) groups is 2. The largest absolute Gasteiger partial charge is 0.349 e. The molecule has 2 aromatic carbocycles. The van der Waals surface area contributed by atoms with Crippen LogP contribution in [0.5, 0.6) is 0 Å². The zero-order valence-electron chi connectivity index (χ0n) is 14.4. The maximum atomic E-state index is 13.1. The molecular formula is C20H16FN3O2S. The van der Waals surface area contributed by atoms with E-state index in [1.54, 1.807) is 12.1 Å². The van der Waals surface area contributed by atoms with E-state index in [-0.39, 0.29) is 43.3 Å². The molecule has 0 saturated heterocycles. The van der Waals surface area contributed by atoms with Crippen molar-refractivity contribution in [3.05, 3.63) is 53.3 Å². The third-order valence-corrected chi connectivity index (χ3v) is 4.96. The first-order valence-corrected chi connectivity index (χ1v) is 9.17. The summed E-state index contributed by atoms with van der Waals surface area (Å²) in [5.74, 6) is -0.732. The molecule has 0 aliphatic heterocycles. The molecule has 0 unspecified atom stereocenters. The second-order valence-electron chi connectivity index (χ2n) is 5.95. The number of halogens is 1. The summed E-state index contributed by atoms with van der Waals surface area (Å²) >= 11 is 1.42. The number of nitrogens with one attached hydrogen (secondary N) is 1. The number of carbonyl (C=O) groups excluding carboxylic acids is 2. The van der Waals surface area contributed by atoms with E-state index in [2.05, 4.69) is 10.3 Å². The molecule has 0 aliphatic rings. The molecular weight excluding hydrogens is 365 g/mol. The summed E-state index contributed by atoms with van der Waals surface area (Å²) in [4.78, 5) is 28.0. The highest BCUT2D eigenvalue weighted by Gasteiger charge is 2.11. The predicted octanol–water partition coefficient (Wildman–Crippen LogP) is 3.63. The van der Waals surface area contributed by atoms with E-state index < -0.39 is 0 Å². The van der Waals surface area contributed by atoms with Crippen LogP contribution in [-0.2, 0) is 16.0 Å². The Bertz CT molecular complexity index is 1020. The van der Waals surface area contributed by atoms with Crippen LogP contribution in [0.3, 0.4) is 0 Å². The number of fused-ring (bicyclic) bond motifs is 1. The first kappa shape index (κ1) is 18.7. The Hall–Kier alpha value is -3.11. The number of rotatable bonds is 7. The number of thiazole rings is 1. The van der Waals surface area contributed by atoms with Gasteiger partial charge in [0.05, 0.1) is 29.3 Å². The number of ketones is 1. The Morgan fingerprint density at radius 1 is 1.15 bits per heavy atom. The number of hydrogen-bond donors (Lipinski definition) is 1. The van der Waals surface area contributed by atoms with E-state index in [1.807, 2.05) is 24.3 Å². The van der Waals surface area contributed by atoms with Gasteiger partial charge in [-0.1, -0.05) is 18.2 Å². The van der Waals surface area contributed by atoms with Crippen molar-refractivity contribution in [3.8, 4) is 17.2 Å². The van der Waals surface area contributed by atoms with Crippen molar-refractivity contribution in [1.82, 2.24) is 10.3 Å². The first-order valence-electron chi connectivity index (χ1n) is 8.36. The molecule has 1 heterocycles. The molecule has 3 rings (SSSR count). The van der Waals surface area contributed by atoms with Crippen molar-refractivity contribution in [2.75, 3.05) is 6.54 Å². The van der Waals surface area contributed by atoms with Gasteiger partial charge in [0.1, 0.15) is 10.8 Å². The summed E-state index contributed by atoms with van der Waals surface area (Å²) in [5, 5.41) is 11.7. The van der Waals surface area contributed by atoms with Crippen LogP contribution < -0.4 is 5.32 Å². The van der Waals surface area contributed by atoms with Gasteiger partial charge < -0.3 is 5.32 Å². The average Bonchev–Trinajstić information content (AvgIpc) is 3.06. The highest BCUT2D eigenvalue weighted by molar-refractivity contribution is 7.18. The Balaban J connectivity index is 1.66. The van der Waals surface area contributed by atoms with E-state index >= 15 is 0 Å². The Morgan fingerprint density at radius 3 is 2.63 bits per heavy atom. The minimum Gasteiger partial charge on any atom is -0.349 e. The lowest BCUT2D eigenvalue weighted by molar-refractivity contribution is -0.124. The summed E-state index contributed by atoms with van der Waals surface area (Å²) in [7, 11) is 0. The minimum atomic E-state index is -0.284. The van der Waals surface area contributed by atoms with Gasteiger partial charge in [0.2, 0.25) is 5.91 Å². The lowest BCUT2D eigenvalue weighted by Crippen LogP contribution is -2.30. The van der Waals surface area contributed by atoms with Crippen LogP contribution >= 0.6 is 11.3 Å². The molecule has 27 heavy (non-hydrogen) atoms. The van der Waals surface area contributed by atoms with Crippen LogP contribution in [0.25, 0.3) is 21.3 Å². The lowest BCUT2D eigenvalue weighted by atomic mass is 10.1. The Kier molecular flexibility index (Phi) is 5.89. The van der Waals surface area contributed by atoms with Crippen molar-refractivity contribution in [1.29, 1.82) is 5.26 Å². The van der Waals surface area contributed by atoms with Crippen LogP contribution in [0.1, 0.15) is 17.8 Å². The SMILES string of the molecule is N#CCCC(=O)CNC(=O)Cc1nc2cc(-c3ccc(F)cc3)ccc2s1. The van der Waals surface area contributed by atoms with Gasteiger partial charge in [0.15, 0.2) is 5.78 Å². The van der Waals surface area contributed by atoms with E-state index in [1.165, 1.54) is 23.5 Å². The lowest BCUT2D eigenvalue weighted by Gasteiger charge is -2.01. The Labute approximate surface area is 159 Å². The van der Waals surface area contributed by atoms with Gasteiger partial charge in [0, 0.05) is 12.8 Å². The molecule has 0 aliphatic carbocycles. The molecule has 1 amide bonds. The topological polar surface area (TPSA) is 82.9 Å². The molecule has 0 atom stereocenters. The molecule has 0 bridgehead atoms. The predicted molar refractivity (Wildman–Crippen MR) is 102 cm³/mol. The normalized spacial score (nSPS) is 10.5. The number of nitrogens with zero attached hydrogens (tertiary/aromatic N) is 2. The summed E-state index contributed by atoms with van der Waals surface area (Å²) in [5.41, 5.74) is 2.59. The quantitative estimate of drug-likeness (QED) is 0.677. The third-order valence-electron chi connectivity index (χ3n) is 3.92. The minimum absolute atomic E-state index is 0.0693. The highest BCUT2D eigenvalue weighted by atomic mass is 32.1. The molecule has 136 valence electrons. The van der Waals surface area contributed by atoms with E-state index in [4.69, 9.17) is 5.26 Å². The van der Waals surface area contributed by atoms with Gasteiger partial charge >= 0.3 is 0 Å². The van der Waals surface area contributed by atoms with Gasteiger partial charge in [-0.15, -0.1) is 11.3 Å². The van der Waals surface area contributed by atoms with E-state index in [9.17, 15) is 14.0 Å². The standard InChI is InChI=1S/C20H16FN3O2S/c21-15-6-3-13(4-7-15)14-5-8-18-17(10-14)24-20(27-18)11-19(26)23-12-16(25)2-1-9-22/h3-8,10H,1-2,11-12H2,(H,23,26). The van der Waals surface area contributed by atoms with Crippen molar-refractivity contribution in [3.63, 3.8) is 0 Å². The van der Waals surface area contributed by atoms with Crippen molar-refractivity contribution in [2.24, 2.45) is 0 Å². The fraction of sp³-hybridized carbons (Fsp3) is 0.200. The van der Waals surface area contributed by atoms with Crippen LogP contribution in [0.4, 0.5) is 4.39 Å². The highest BCUT2D eigenvalue weighted by Crippen LogP contribution is 2.28. The summed E-state index contributed by atoms with van der Waals surface area (Å²) in [6.07, 6.45) is 0.393. The third kappa shape index (κ3) is 4.96. The van der Waals surface area contributed by atoms with Crippen LogP contribution in [-0.4, -0.2) is 23.2 Å². The molecule has 1 N–H and O–H groups in total. The zero-order valence-corrected chi connectivity index (χ0v) is 15.2. The number of Topliss-reactive ketones (excluding diaryl/α,β-unsaturated/α-hetero) is 1. The second kappa shape index (κ2) is 8.52. The van der Waals surface area contributed by atoms with Crippen molar-refractivity contribution in [2.45, 2.75) is 19.3 Å². The maximum absolute atomic E-state index is 13.1. The molecule has 7 heteroatoms. The zero-order chi connectivity index (χ0) is 19.2. The fourth-order valence-corrected chi connectivity index (χ4v) is 3.50. The smallest absolute Gasteiger partial charge is 0.227 e. The molecule has 0 spiro atoms. The van der Waals surface area contributed by atoms with E-state index in [0.29, 0.717) is 5.01 Å².